The molecule has 0 unspecified atom stereocenters. The molecule has 0 radical (unpaired) electrons. The van der Waals surface area contributed by atoms with Crippen molar-refractivity contribution < 1.29 is 9.90 Å². The highest BCUT2D eigenvalue weighted by atomic mass is 35.5. The van der Waals surface area contributed by atoms with Crippen molar-refractivity contribution in [2.75, 3.05) is 5.32 Å². The first kappa shape index (κ1) is 13.7. The maximum absolute atomic E-state index is 12.0. The molecule has 3 nitrogen and oxygen atoms in total. The average Bonchev–Trinajstić information content (AvgIpc) is 2.37. The van der Waals surface area contributed by atoms with Gasteiger partial charge in [0.15, 0.2) is 0 Å². The summed E-state index contributed by atoms with van der Waals surface area (Å²) in [6.07, 6.45) is 0. The molecule has 0 saturated carbocycles. The lowest BCUT2D eigenvalue weighted by Crippen LogP contribution is -2.12. The number of anilines is 1. The van der Waals surface area contributed by atoms with E-state index in [0.29, 0.717) is 16.3 Å². The summed E-state index contributed by atoms with van der Waals surface area (Å²) in [5.74, 6) is -0.402. The van der Waals surface area contributed by atoms with E-state index in [0.717, 1.165) is 5.56 Å². The molecule has 2 aromatic rings. The molecule has 1 amide bonds. The van der Waals surface area contributed by atoms with Crippen LogP contribution in [-0.4, -0.2) is 11.0 Å². The highest BCUT2D eigenvalue weighted by Gasteiger charge is 2.10. The summed E-state index contributed by atoms with van der Waals surface area (Å²) in [7, 11) is 0. The molecule has 2 N–H and O–H groups in total. The number of carbonyl (C=O) groups excluding carboxylic acids is 1. The van der Waals surface area contributed by atoms with Gasteiger partial charge in [-0.1, -0.05) is 29.3 Å². The van der Waals surface area contributed by atoms with Crippen LogP contribution in [0.4, 0.5) is 5.69 Å². The smallest absolute Gasteiger partial charge is 0.255 e. The van der Waals surface area contributed by atoms with Gasteiger partial charge in [-0.3, -0.25) is 4.79 Å². The van der Waals surface area contributed by atoms with Gasteiger partial charge in [-0.05, 0) is 42.8 Å². The highest BCUT2D eigenvalue weighted by molar-refractivity contribution is 6.34. The Morgan fingerprint density at radius 2 is 1.84 bits per heavy atom. The molecule has 19 heavy (non-hydrogen) atoms. The Hall–Kier alpha value is -1.71. The van der Waals surface area contributed by atoms with Crippen LogP contribution in [0.15, 0.2) is 36.4 Å². The van der Waals surface area contributed by atoms with Crippen LogP contribution in [0.5, 0.6) is 5.75 Å². The summed E-state index contributed by atoms with van der Waals surface area (Å²) in [6, 6.07) is 9.61. The number of carbonyl (C=O) groups is 1. The quantitative estimate of drug-likeness (QED) is 0.870. The van der Waals surface area contributed by atoms with E-state index < -0.39 is 0 Å². The van der Waals surface area contributed by atoms with Crippen molar-refractivity contribution in [3.63, 3.8) is 0 Å². The fourth-order valence-electron chi connectivity index (χ4n) is 1.58. The molecule has 0 atom stereocenters. The van der Waals surface area contributed by atoms with Gasteiger partial charge >= 0.3 is 0 Å². The number of phenolic OH excluding ortho intramolecular Hbond substituents is 1. The van der Waals surface area contributed by atoms with E-state index in [-0.39, 0.29) is 16.7 Å². The number of phenols is 1. The molecular weight excluding hydrogens is 285 g/mol. The predicted octanol–water partition coefficient (Wildman–Crippen LogP) is 4.26. The second kappa shape index (κ2) is 5.51. The molecule has 0 aliphatic carbocycles. The minimum atomic E-state index is -0.339. The number of amides is 1. The van der Waals surface area contributed by atoms with Crippen LogP contribution in [0.1, 0.15) is 15.9 Å². The minimum absolute atomic E-state index is 0.0631. The van der Waals surface area contributed by atoms with E-state index in [1.54, 1.807) is 12.1 Å². The summed E-state index contributed by atoms with van der Waals surface area (Å²) in [6.45, 7) is 1.91. The van der Waals surface area contributed by atoms with E-state index in [9.17, 15) is 9.90 Å². The van der Waals surface area contributed by atoms with Gasteiger partial charge in [-0.2, -0.15) is 0 Å². The van der Waals surface area contributed by atoms with Crippen LogP contribution in [0, 0.1) is 6.92 Å². The van der Waals surface area contributed by atoms with Gasteiger partial charge in [-0.25, -0.2) is 0 Å². The fraction of sp³-hybridized carbons (Fsp3) is 0.0714. The summed E-state index contributed by atoms with van der Waals surface area (Å²) in [5.41, 5.74) is 1.87. The summed E-state index contributed by atoms with van der Waals surface area (Å²) in [5, 5.41) is 12.6. The number of hydrogen-bond donors (Lipinski definition) is 2. The third-order valence-electron chi connectivity index (χ3n) is 2.58. The first-order chi connectivity index (χ1) is 8.97. The Balaban J connectivity index is 2.25. The maximum Gasteiger partial charge on any atom is 0.255 e. The number of aryl methyl sites for hydroxylation is 1. The second-order valence-electron chi connectivity index (χ2n) is 4.10. The van der Waals surface area contributed by atoms with Crippen LogP contribution in [0.2, 0.25) is 10.0 Å². The average molecular weight is 296 g/mol. The monoisotopic (exact) mass is 295 g/mol. The van der Waals surface area contributed by atoms with Crippen molar-refractivity contribution in [1.29, 1.82) is 0 Å². The Bertz CT molecular complexity index is 641. The van der Waals surface area contributed by atoms with Gasteiger partial charge in [0.2, 0.25) is 0 Å². The predicted molar refractivity (Wildman–Crippen MR) is 77.3 cm³/mol. The first-order valence-corrected chi connectivity index (χ1v) is 6.29. The molecule has 0 spiro atoms. The van der Waals surface area contributed by atoms with Crippen molar-refractivity contribution in [1.82, 2.24) is 0 Å². The van der Waals surface area contributed by atoms with Gasteiger partial charge in [0.1, 0.15) is 5.75 Å². The minimum Gasteiger partial charge on any atom is -0.506 e. The van der Waals surface area contributed by atoms with E-state index in [2.05, 4.69) is 5.32 Å². The van der Waals surface area contributed by atoms with Crippen LogP contribution in [0.25, 0.3) is 0 Å². The normalized spacial score (nSPS) is 10.3. The Morgan fingerprint density at radius 3 is 2.53 bits per heavy atom. The van der Waals surface area contributed by atoms with Gasteiger partial charge in [0, 0.05) is 5.56 Å². The SMILES string of the molecule is Cc1ccc(Cl)c(NC(=O)c2ccc(O)c(Cl)c2)c1. The largest absolute Gasteiger partial charge is 0.506 e. The summed E-state index contributed by atoms with van der Waals surface area (Å²) in [4.78, 5) is 12.0. The number of benzene rings is 2. The lowest BCUT2D eigenvalue weighted by Gasteiger charge is -2.08. The summed E-state index contributed by atoms with van der Waals surface area (Å²) >= 11 is 11.8. The first-order valence-electron chi connectivity index (χ1n) is 5.53. The van der Waals surface area contributed by atoms with E-state index >= 15 is 0 Å². The molecule has 0 aliphatic rings. The van der Waals surface area contributed by atoms with E-state index in [1.165, 1.54) is 18.2 Å². The molecule has 0 aromatic heterocycles. The summed E-state index contributed by atoms with van der Waals surface area (Å²) < 4.78 is 0. The zero-order valence-electron chi connectivity index (χ0n) is 10.1. The maximum atomic E-state index is 12.0. The third kappa shape index (κ3) is 3.19. The zero-order valence-corrected chi connectivity index (χ0v) is 11.6. The van der Waals surface area contributed by atoms with Crippen molar-refractivity contribution in [3.8, 4) is 5.75 Å². The molecule has 0 saturated heterocycles. The number of rotatable bonds is 2. The van der Waals surface area contributed by atoms with Gasteiger partial charge in [0.25, 0.3) is 5.91 Å². The number of aromatic hydroxyl groups is 1. The Labute approximate surface area is 120 Å². The van der Waals surface area contributed by atoms with Crippen LogP contribution < -0.4 is 5.32 Å². The van der Waals surface area contributed by atoms with Crippen LogP contribution in [-0.2, 0) is 0 Å². The van der Waals surface area contributed by atoms with Gasteiger partial charge in [-0.15, -0.1) is 0 Å². The second-order valence-corrected chi connectivity index (χ2v) is 4.92. The van der Waals surface area contributed by atoms with Gasteiger partial charge < -0.3 is 10.4 Å². The molecule has 98 valence electrons. The van der Waals surface area contributed by atoms with Gasteiger partial charge in [0.05, 0.1) is 15.7 Å². The number of nitrogens with one attached hydrogen (secondary N) is 1. The molecular formula is C14H11Cl2NO2. The van der Waals surface area contributed by atoms with Crippen molar-refractivity contribution in [2.45, 2.75) is 6.92 Å². The molecule has 2 aromatic carbocycles. The van der Waals surface area contributed by atoms with Crippen molar-refractivity contribution >= 4 is 34.8 Å². The Kier molecular flexibility index (Phi) is 3.98. The lowest BCUT2D eigenvalue weighted by molar-refractivity contribution is 0.102. The molecule has 0 fully saturated rings. The fourth-order valence-corrected chi connectivity index (χ4v) is 1.92. The van der Waals surface area contributed by atoms with Crippen LogP contribution >= 0.6 is 23.2 Å². The third-order valence-corrected chi connectivity index (χ3v) is 3.21. The Morgan fingerprint density at radius 1 is 1.11 bits per heavy atom. The zero-order chi connectivity index (χ0) is 14.0. The molecule has 5 heteroatoms. The van der Waals surface area contributed by atoms with E-state index in [1.807, 2.05) is 13.0 Å². The van der Waals surface area contributed by atoms with E-state index in [4.69, 9.17) is 23.2 Å². The lowest BCUT2D eigenvalue weighted by atomic mass is 10.2. The molecule has 0 heterocycles. The van der Waals surface area contributed by atoms with Crippen LogP contribution in [0.3, 0.4) is 0 Å². The topological polar surface area (TPSA) is 49.3 Å². The number of hydrogen-bond acceptors (Lipinski definition) is 2. The molecule has 0 bridgehead atoms. The molecule has 2 rings (SSSR count). The standard InChI is InChI=1S/C14H11Cl2NO2/c1-8-2-4-10(15)12(6-8)17-14(19)9-3-5-13(18)11(16)7-9/h2-7,18H,1H3,(H,17,19). The highest BCUT2D eigenvalue weighted by Crippen LogP contribution is 2.26. The van der Waals surface area contributed by atoms with Crippen molar-refractivity contribution in [2.24, 2.45) is 0 Å². The number of halogens is 2. The van der Waals surface area contributed by atoms with Crippen molar-refractivity contribution in [3.05, 3.63) is 57.6 Å². The molecule has 0 aliphatic heterocycles.